The number of thioether (sulfide) groups is 1. The third-order valence-corrected chi connectivity index (χ3v) is 5.68. The SMILES string of the molecule is Cc1ccc(NC(=O)[C@H]2CC(=O)N(C)C(=Nc3cccc(F)c3)S2)cc1Cl. The molecular formula is C19H17ClFN3O2S. The van der Waals surface area contributed by atoms with Crippen LogP contribution in [0.15, 0.2) is 47.5 Å². The Balaban J connectivity index is 1.78. The number of aryl methyl sites for hydroxylation is 1. The highest BCUT2D eigenvalue weighted by molar-refractivity contribution is 8.15. The van der Waals surface area contributed by atoms with Crippen molar-refractivity contribution in [3.8, 4) is 0 Å². The molecule has 1 saturated heterocycles. The third-order valence-electron chi connectivity index (χ3n) is 4.03. The molecule has 0 spiro atoms. The van der Waals surface area contributed by atoms with Gasteiger partial charge in [-0.1, -0.05) is 35.5 Å². The van der Waals surface area contributed by atoms with E-state index in [1.807, 2.05) is 13.0 Å². The Hall–Kier alpha value is -2.38. The van der Waals surface area contributed by atoms with Gasteiger partial charge in [0.15, 0.2) is 5.17 Å². The lowest BCUT2D eigenvalue weighted by Gasteiger charge is -2.28. The predicted molar refractivity (Wildman–Crippen MR) is 107 cm³/mol. The molecule has 1 N–H and O–H groups in total. The Kier molecular flexibility index (Phi) is 5.82. The van der Waals surface area contributed by atoms with E-state index >= 15 is 0 Å². The smallest absolute Gasteiger partial charge is 0.238 e. The summed E-state index contributed by atoms with van der Waals surface area (Å²) < 4.78 is 13.4. The van der Waals surface area contributed by atoms with Crippen LogP contribution < -0.4 is 5.32 Å². The van der Waals surface area contributed by atoms with Gasteiger partial charge in [-0.15, -0.1) is 0 Å². The van der Waals surface area contributed by atoms with Crippen molar-refractivity contribution in [2.24, 2.45) is 4.99 Å². The molecule has 0 radical (unpaired) electrons. The zero-order chi connectivity index (χ0) is 19.6. The molecule has 1 heterocycles. The van der Waals surface area contributed by atoms with Crippen molar-refractivity contribution in [2.45, 2.75) is 18.6 Å². The van der Waals surface area contributed by atoms with E-state index in [9.17, 15) is 14.0 Å². The lowest BCUT2D eigenvalue weighted by molar-refractivity contribution is -0.128. The van der Waals surface area contributed by atoms with Crippen LogP contribution >= 0.6 is 23.4 Å². The van der Waals surface area contributed by atoms with E-state index in [4.69, 9.17) is 11.6 Å². The average molecular weight is 406 g/mol. The maximum atomic E-state index is 13.4. The summed E-state index contributed by atoms with van der Waals surface area (Å²) in [4.78, 5) is 30.6. The summed E-state index contributed by atoms with van der Waals surface area (Å²) in [6, 6.07) is 11.0. The summed E-state index contributed by atoms with van der Waals surface area (Å²) in [7, 11) is 1.58. The van der Waals surface area contributed by atoms with Gasteiger partial charge in [0.25, 0.3) is 0 Å². The van der Waals surface area contributed by atoms with Gasteiger partial charge in [0, 0.05) is 24.2 Å². The van der Waals surface area contributed by atoms with Crippen molar-refractivity contribution in [3.63, 3.8) is 0 Å². The van der Waals surface area contributed by atoms with Gasteiger partial charge in [-0.25, -0.2) is 9.38 Å². The molecule has 0 bridgehead atoms. The fourth-order valence-corrected chi connectivity index (χ4v) is 3.69. The fraction of sp³-hybridized carbons (Fsp3) is 0.211. The number of aliphatic imine (C=N–C) groups is 1. The van der Waals surface area contributed by atoms with E-state index in [0.717, 1.165) is 5.56 Å². The number of amidine groups is 1. The Bertz CT molecular complexity index is 935. The highest BCUT2D eigenvalue weighted by atomic mass is 35.5. The molecule has 2 aromatic carbocycles. The van der Waals surface area contributed by atoms with E-state index in [0.29, 0.717) is 21.6 Å². The summed E-state index contributed by atoms with van der Waals surface area (Å²) in [5.74, 6) is -0.962. The van der Waals surface area contributed by atoms with Gasteiger partial charge in [-0.05, 0) is 42.8 Å². The molecule has 0 unspecified atom stereocenters. The van der Waals surface area contributed by atoms with E-state index in [1.165, 1.54) is 34.9 Å². The molecular weight excluding hydrogens is 389 g/mol. The van der Waals surface area contributed by atoms with Crippen molar-refractivity contribution in [1.29, 1.82) is 0 Å². The second kappa shape index (κ2) is 8.10. The van der Waals surface area contributed by atoms with Crippen LogP contribution in [0.4, 0.5) is 15.8 Å². The van der Waals surface area contributed by atoms with Crippen LogP contribution in [0.3, 0.4) is 0 Å². The number of carbonyl (C=O) groups excluding carboxylic acids is 2. The van der Waals surface area contributed by atoms with Gasteiger partial charge < -0.3 is 5.32 Å². The summed E-state index contributed by atoms with van der Waals surface area (Å²) in [6.07, 6.45) is 0.0504. The van der Waals surface area contributed by atoms with Gasteiger partial charge >= 0.3 is 0 Å². The maximum Gasteiger partial charge on any atom is 0.238 e. The number of amides is 2. The second-order valence-electron chi connectivity index (χ2n) is 6.09. The van der Waals surface area contributed by atoms with Gasteiger partial charge in [0.2, 0.25) is 11.8 Å². The van der Waals surface area contributed by atoms with Gasteiger partial charge in [0.05, 0.1) is 5.69 Å². The van der Waals surface area contributed by atoms with Gasteiger partial charge in [-0.2, -0.15) is 0 Å². The predicted octanol–water partition coefficient (Wildman–Crippen LogP) is 4.38. The van der Waals surface area contributed by atoms with Gasteiger partial charge in [0.1, 0.15) is 11.1 Å². The number of benzene rings is 2. The number of rotatable bonds is 3. The standard InChI is InChI=1S/C19H17ClFN3O2S/c1-11-6-7-14(9-15(11)20)22-18(26)16-10-17(25)24(2)19(27-16)23-13-5-3-4-12(21)8-13/h3-9,16H,10H2,1-2H3,(H,22,26)/t16-/m1/s1. The summed E-state index contributed by atoms with van der Waals surface area (Å²) in [5.41, 5.74) is 1.85. The molecule has 5 nitrogen and oxygen atoms in total. The Labute approximate surface area is 165 Å². The number of hydrogen-bond donors (Lipinski definition) is 1. The molecule has 1 aliphatic heterocycles. The van der Waals surface area contributed by atoms with Crippen molar-refractivity contribution in [1.82, 2.24) is 4.90 Å². The van der Waals surface area contributed by atoms with Crippen LogP contribution in [0.1, 0.15) is 12.0 Å². The molecule has 0 aromatic heterocycles. The Morgan fingerprint density at radius 3 is 2.81 bits per heavy atom. The minimum absolute atomic E-state index is 0.0504. The van der Waals surface area contributed by atoms with Crippen LogP contribution in [0.5, 0.6) is 0 Å². The number of nitrogens with zero attached hydrogens (tertiary/aromatic N) is 2. The number of anilines is 1. The monoisotopic (exact) mass is 405 g/mol. The van der Waals surface area contributed by atoms with Crippen molar-refractivity contribution < 1.29 is 14.0 Å². The van der Waals surface area contributed by atoms with E-state index in [-0.39, 0.29) is 18.2 Å². The number of halogens is 2. The van der Waals surface area contributed by atoms with Crippen LogP contribution in [0.25, 0.3) is 0 Å². The molecule has 3 rings (SSSR count). The first-order chi connectivity index (χ1) is 12.8. The fourth-order valence-electron chi connectivity index (χ4n) is 2.45. The van der Waals surface area contributed by atoms with Crippen LogP contribution in [0.2, 0.25) is 5.02 Å². The topological polar surface area (TPSA) is 61.8 Å². The van der Waals surface area contributed by atoms with E-state index in [2.05, 4.69) is 10.3 Å². The average Bonchev–Trinajstić information content (AvgIpc) is 2.62. The Morgan fingerprint density at radius 1 is 1.33 bits per heavy atom. The number of carbonyl (C=O) groups is 2. The quantitative estimate of drug-likeness (QED) is 0.824. The normalized spacial score (nSPS) is 18.7. The highest BCUT2D eigenvalue weighted by Crippen LogP contribution is 2.29. The lowest BCUT2D eigenvalue weighted by atomic mass is 10.2. The summed E-state index contributed by atoms with van der Waals surface area (Å²) >= 11 is 7.25. The minimum Gasteiger partial charge on any atom is -0.325 e. The third kappa shape index (κ3) is 4.67. The molecule has 8 heteroatoms. The first kappa shape index (κ1) is 19.4. The first-order valence-corrected chi connectivity index (χ1v) is 9.44. The molecule has 27 heavy (non-hydrogen) atoms. The molecule has 1 fully saturated rings. The maximum absolute atomic E-state index is 13.4. The minimum atomic E-state index is -0.638. The van der Waals surface area contributed by atoms with E-state index in [1.54, 1.807) is 25.2 Å². The molecule has 0 aliphatic carbocycles. The molecule has 140 valence electrons. The van der Waals surface area contributed by atoms with Crippen molar-refractivity contribution in [3.05, 3.63) is 58.9 Å². The highest BCUT2D eigenvalue weighted by Gasteiger charge is 2.34. The van der Waals surface area contributed by atoms with Crippen LogP contribution in [-0.2, 0) is 9.59 Å². The molecule has 0 saturated carbocycles. The van der Waals surface area contributed by atoms with Gasteiger partial charge in [-0.3, -0.25) is 14.5 Å². The number of hydrogen-bond acceptors (Lipinski definition) is 4. The summed E-state index contributed by atoms with van der Waals surface area (Å²) in [5, 5.41) is 3.04. The second-order valence-corrected chi connectivity index (χ2v) is 7.67. The lowest BCUT2D eigenvalue weighted by Crippen LogP contribution is -2.43. The zero-order valence-electron chi connectivity index (χ0n) is 14.7. The van der Waals surface area contributed by atoms with Crippen molar-refractivity contribution in [2.75, 3.05) is 12.4 Å². The van der Waals surface area contributed by atoms with E-state index < -0.39 is 11.1 Å². The molecule has 2 aromatic rings. The Morgan fingerprint density at radius 2 is 2.11 bits per heavy atom. The molecule has 1 atom stereocenters. The molecule has 2 amide bonds. The number of nitrogens with one attached hydrogen (secondary N) is 1. The van der Waals surface area contributed by atoms with Crippen molar-refractivity contribution >= 4 is 51.7 Å². The zero-order valence-corrected chi connectivity index (χ0v) is 16.3. The largest absolute Gasteiger partial charge is 0.325 e. The summed E-state index contributed by atoms with van der Waals surface area (Å²) in [6.45, 7) is 1.87. The van der Waals surface area contributed by atoms with Crippen LogP contribution in [0, 0.1) is 12.7 Å². The molecule has 1 aliphatic rings. The van der Waals surface area contributed by atoms with Crippen LogP contribution in [-0.4, -0.2) is 34.2 Å². The first-order valence-electron chi connectivity index (χ1n) is 8.18.